The van der Waals surface area contributed by atoms with Crippen LogP contribution in [-0.2, 0) is 0 Å². The summed E-state index contributed by atoms with van der Waals surface area (Å²) in [5.41, 5.74) is 0.442. The molecule has 1 rings (SSSR count). The number of nitro benzene ring substituents is 1. The molecule has 0 radical (unpaired) electrons. The minimum atomic E-state index is -0.481. The Morgan fingerprint density at radius 2 is 1.79 bits per heavy atom. The molecule has 0 aliphatic rings. The van der Waals surface area contributed by atoms with Crippen molar-refractivity contribution in [2.24, 2.45) is 0 Å². The van der Waals surface area contributed by atoms with Crippen molar-refractivity contribution < 1.29 is 9.72 Å². The van der Waals surface area contributed by atoms with Gasteiger partial charge < -0.3 is 5.32 Å². The summed E-state index contributed by atoms with van der Waals surface area (Å²) in [7, 11) is 0. The van der Waals surface area contributed by atoms with Gasteiger partial charge in [0.1, 0.15) is 0 Å². The number of nitro groups is 1. The maximum atomic E-state index is 11.7. The van der Waals surface area contributed by atoms with E-state index in [0.29, 0.717) is 12.1 Å². The highest BCUT2D eigenvalue weighted by atomic mass is 79.9. The number of non-ortho nitro benzene ring substituents is 1. The fourth-order valence-electron chi connectivity index (χ4n) is 1.61. The smallest absolute Gasteiger partial charge is 0.269 e. The van der Waals surface area contributed by atoms with Crippen LogP contribution in [0.1, 0.15) is 36.0 Å². The van der Waals surface area contributed by atoms with E-state index in [1.807, 2.05) is 0 Å². The predicted octanol–water partition coefficient (Wildman–Crippen LogP) is 3.28. The highest BCUT2D eigenvalue weighted by molar-refractivity contribution is 9.09. The van der Waals surface area contributed by atoms with E-state index in [1.54, 1.807) is 0 Å². The largest absolute Gasteiger partial charge is 0.352 e. The summed E-state index contributed by atoms with van der Waals surface area (Å²) < 4.78 is 0. The van der Waals surface area contributed by atoms with Crippen LogP contribution in [0.2, 0.25) is 0 Å². The number of amides is 1. The van der Waals surface area contributed by atoms with E-state index in [1.165, 1.54) is 24.3 Å². The Balaban J connectivity index is 2.31. The first-order chi connectivity index (χ1) is 9.15. The Bertz CT molecular complexity index is 420. The molecule has 1 aromatic carbocycles. The monoisotopic (exact) mass is 328 g/mol. The lowest BCUT2D eigenvalue weighted by Crippen LogP contribution is -2.24. The lowest BCUT2D eigenvalue weighted by atomic mass is 10.2. The quantitative estimate of drug-likeness (QED) is 0.344. The van der Waals surface area contributed by atoms with Gasteiger partial charge in [-0.05, 0) is 25.0 Å². The minimum absolute atomic E-state index is 0.00803. The molecule has 5 nitrogen and oxygen atoms in total. The molecule has 104 valence electrons. The van der Waals surface area contributed by atoms with Crippen LogP contribution < -0.4 is 5.32 Å². The van der Waals surface area contributed by atoms with Crippen molar-refractivity contribution in [3.05, 3.63) is 39.9 Å². The number of hydrogen-bond donors (Lipinski definition) is 1. The normalized spacial score (nSPS) is 10.2. The zero-order valence-corrected chi connectivity index (χ0v) is 12.2. The summed E-state index contributed by atoms with van der Waals surface area (Å²) in [6.07, 6.45) is 4.34. The molecule has 19 heavy (non-hydrogen) atoms. The van der Waals surface area contributed by atoms with Gasteiger partial charge in [0.15, 0.2) is 0 Å². The van der Waals surface area contributed by atoms with E-state index in [2.05, 4.69) is 21.2 Å². The highest BCUT2D eigenvalue weighted by Crippen LogP contribution is 2.11. The molecule has 0 saturated carbocycles. The number of unbranched alkanes of at least 4 members (excludes halogenated alkanes) is 3. The van der Waals surface area contributed by atoms with Gasteiger partial charge in [0.25, 0.3) is 11.6 Å². The molecule has 0 fully saturated rings. The zero-order valence-electron chi connectivity index (χ0n) is 10.6. The van der Waals surface area contributed by atoms with E-state index < -0.39 is 4.92 Å². The molecule has 0 aromatic heterocycles. The second kappa shape index (κ2) is 8.63. The summed E-state index contributed by atoms with van der Waals surface area (Å²) in [6.45, 7) is 0.637. The van der Waals surface area contributed by atoms with E-state index in [4.69, 9.17) is 0 Å². The molecular formula is C13H17BrN2O3. The van der Waals surface area contributed by atoms with Gasteiger partial charge in [-0.1, -0.05) is 28.8 Å². The van der Waals surface area contributed by atoms with Gasteiger partial charge in [0, 0.05) is 29.6 Å². The van der Waals surface area contributed by atoms with Crippen LogP contribution >= 0.6 is 15.9 Å². The number of carbonyl (C=O) groups is 1. The van der Waals surface area contributed by atoms with E-state index in [0.717, 1.165) is 31.0 Å². The Hall–Kier alpha value is -1.43. The van der Waals surface area contributed by atoms with Gasteiger partial charge in [-0.3, -0.25) is 14.9 Å². The maximum Gasteiger partial charge on any atom is 0.269 e. The van der Waals surface area contributed by atoms with Crippen LogP contribution in [0.25, 0.3) is 0 Å². The minimum Gasteiger partial charge on any atom is -0.352 e. The van der Waals surface area contributed by atoms with Crippen LogP contribution in [0.3, 0.4) is 0 Å². The Labute approximate surface area is 120 Å². The molecule has 0 heterocycles. The van der Waals surface area contributed by atoms with Gasteiger partial charge in [0.05, 0.1) is 4.92 Å². The molecule has 0 saturated heterocycles. The molecule has 0 spiro atoms. The summed E-state index contributed by atoms with van der Waals surface area (Å²) in [4.78, 5) is 21.7. The number of carbonyl (C=O) groups excluding carboxylic acids is 1. The number of benzene rings is 1. The van der Waals surface area contributed by atoms with E-state index in [-0.39, 0.29) is 11.6 Å². The first-order valence-electron chi connectivity index (χ1n) is 6.24. The van der Waals surface area contributed by atoms with E-state index >= 15 is 0 Å². The lowest BCUT2D eigenvalue weighted by molar-refractivity contribution is -0.384. The van der Waals surface area contributed by atoms with Crippen molar-refractivity contribution in [3.8, 4) is 0 Å². The highest BCUT2D eigenvalue weighted by Gasteiger charge is 2.08. The van der Waals surface area contributed by atoms with Gasteiger partial charge in [0.2, 0.25) is 0 Å². The standard InChI is InChI=1S/C13H17BrN2O3/c14-9-3-1-2-4-10-15-13(17)11-5-7-12(8-6-11)16(18)19/h5-8H,1-4,9-10H2,(H,15,17). The van der Waals surface area contributed by atoms with Crippen LogP contribution in [-0.4, -0.2) is 22.7 Å². The second-order valence-corrected chi connectivity index (χ2v) is 4.96. The Morgan fingerprint density at radius 3 is 2.37 bits per heavy atom. The fraction of sp³-hybridized carbons (Fsp3) is 0.462. The predicted molar refractivity (Wildman–Crippen MR) is 77.7 cm³/mol. The van der Waals surface area contributed by atoms with Crippen molar-refractivity contribution in [1.29, 1.82) is 0 Å². The molecule has 0 atom stereocenters. The molecular weight excluding hydrogens is 312 g/mol. The maximum absolute atomic E-state index is 11.7. The molecule has 0 aliphatic carbocycles. The third-order valence-electron chi connectivity index (χ3n) is 2.69. The number of hydrogen-bond acceptors (Lipinski definition) is 3. The van der Waals surface area contributed by atoms with Crippen LogP contribution in [0.5, 0.6) is 0 Å². The van der Waals surface area contributed by atoms with Gasteiger partial charge >= 0.3 is 0 Å². The fourth-order valence-corrected chi connectivity index (χ4v) is 2.01. The van der Waals surface area contributed by atoms with Crippen molar-refractivity contribution in [3.63, 3.8) is 0 Å². The number of rotatable bonds is 8. The third kappa shape index (κ3) is 5.83. The Kier molecular flexibility index (Phi) is 7.10. The molecule has 0 unspecified atom stereocenters. The number of nitrogens with one attached hydrogen (secondary N) is 1. The third-order valence-corrected chi connectivity index (χ3v) is 3.25. The van der Waals surface area contributed by atoms with Gasteiger partial charge in [-0.25, -0.2) is 0 Å². The number of nitrogens with zero attached hydrogens (tertiary/aromatic N) is 1. The average Bonchev–Trinajstić information content (AvgIpc) is 2.42. The Morgan fingerprint density at radius 1 is 1.16 bits per heavy atom. The molecule has 0 bridgehead atoms. The molecule has 0 aliphatic heterocycles. The summed E-state index contributed by atoms with van der Waals surface area (Å²) in [5.74, 6) is -0.185. The SMILES string of the molecule is O=C(NCCCCCCBr)c1ccc([N+](=O)[O-])cc1. The second-order valence-electron chi connectivity index (χ2n) is 4.16. The molecule has 1 N–H and O–H groups in total. The van der Waals surface area contributed by atoms with Gasteiger partial charge in [-0.2, -0.15) is 0 Å². The van der Waals surface area contributed by atoms with Crippen molar-refractivity contribution in [2.75, 3.05) is 11.9 Å². The number of halogens is 1. The summed E-state index contributed by atoms with van der Waals surface area (Å²) >= 11 is 3.37. The molecule has 6 heteroatoms. The first kappa shape index (κ1) is 15.6. The topological polar surface area (TPSA) is 72.2 Å². The lowest BCUT2D eigenvalue weighted by Gasteiger charge is -2.04. The average molecular weight is 329 g/mol. The summed E-state index contributed by atoms with van der Waals surface area (Å²) in [6, 6.07) is 5.62. The van der Waals surface area contributed by atoms with Crippen LogP contribution in [0, 0.1) is 10.1 Å². The number of alkyl halides is 1. The van der Waals surface area contributed by atoms with Crippen molar-refractivity contribution in [1.82, 2.24) is 5.32 Å². The van der Waals surface area contributed by atoms with Crippen molar-refractivity contribution >= 4 is 27.5 Å². The first-order valence-corrected chi connectivity index (χ1v) is 7.36. The van der Waals surface area contributed by atoms with Crippen LogP contribution in [0.4, 0.5) is 5.69 Å². The summed E-state index contributed by atoms with van der Waals surface area (Å²) in [5, 5.41) is 14.3. The molecule has 1 aromatic rings. The molecule has 1 amide bonds. The zero-order chi connectivity index (χ0) is 14.1. The van der Waals surface area contributed by atoms with Crippen molar-refractivity contribution in [2.45, 2.75) is 25.7 Å². The van der Waals surface area contributed by atoms with Gasteiger partial charge in [-0.15, -0.1) is 0 Å². The van der Waals surface area contributed by atoms with E-state index in [9.17, 15) is 14.9 Å². The van der Waals surface area contributed by atoms with Crippen LogP contribution in [0.15, 0.2) is 24.3 Å².